The van der Waals surface area contributed by atoms with Crippen molar-refractivity contribution in [3.63, 3.8) is 0 Å². The largest absolute Gasteiger partial charge is 0.455 e. The topological polar surface area (TPSA) is 39.2 Å². The lowest BCUT2D eigenvalue weighted by molar-refractivity contribution is 0.0463. The van der Waals surface area contributed by atoms with Gasteiger partial charge in [-0.3, -0.25) is 0 Å². The van der Waals surface area contributed by atoms with Gasteiger partial charge in [0, 0.05) is 10.9 Å². The summed E-state index contributed by atoms with van der Waals surface area (Å²) in [5.41, 5.74) is 1.23. The minimum absolute atomic E-state index is 0.0507. The quantitative estimate of drug-likeness (QED) is 0.663. The van der Waals surface area contributed by atoms with Crippen molar-refractivity contribution in [3.8, 4) is 10.6 Å². The Hall–Kier alpha value is -2.60. The maximum absolute atomic E-state index is 13.5. The number of hydrogen-bond acceptors (Lipinski definition) is 4. The fourth-order valence-electron chi connectivity index (χ4n) is 1.94. The molecule has 3 rings (SSSR count). The second-order valence-electron chi connectivity index (χ2n) is 4.71. The van der Waals surface area contributed by atoms with E-state index in [1.165, 1.54) is 41.7 Å². The molecule has 0 aliphatic rings. The number of rotatable bonds is 4. The van der Waals surface area contributed by atoms with E-state index in [-0.39, 0.29) is 18.0 Å². The lowest BCUT2D eigenvalue weighted by Gasteiger charge is -2.03. The molecule has 0 N–H and O–H groups in total. The summed E-state index contributed by atoms with van der Waals surface area (Å²) in [6.07, 6.45) is 0. The van der Waals surface area contributed by atoms with Crippen molar-refractivity contribution in [1.29, 1.82) is 0 Å². The third-order valence-corrected chi connectivity index (χ3v) is 4.03. The molecule has 116 valence electrons. The third-order valence-electron chi connectivity index (χ3n) is 3.09. The van der Waals surface area contributed by atoms with Crippen molar-refractivity contribution in [3.05, 3.63) is 76.8 Å². The summed E-state index contributed by atoms with van der Waals surface area (Å²) in [6, 6.07) is 11.6. The fourth-order valence-corrected chi connectivity index (χ4v) is 2.75. The van der Waals surface area contributed by atoms with E-state index in [0.717, 1.165) is 5.56 Å². The molecule has 0 atom stereocenters. The van der Waals surface area contributed by atoms with Gasteiger partial charge in [0.05, 0.1) is 11.3 Å². The smallest absolute Gasteiger partial charge is 0.341 e. The van der Waals surface area contributed by atoms with Gasteiger partial charge >= 0.3 is 5.97 Å². The summed E-state index contributed by atoms with van der Waals surface area (Å²) < 4.78 is 31.5. The van der Waals surface area contributed by atoms with Gasteiger partial charge in [0.25, 0.3) is 0 Å². The summed E-state index contributed by atoms with van der Waals surface area (Å²) in [6.45, 7) is -0.0507. The van der Waals surface area contributed by atoms with Gasteiger partial charge in [-0.1, -0.05) is 12.1 Å². The molecule has 3 aromatic rings. The summed E-state index contributed by atoms with van der Waals surface area (Å²) in [5, 5.41) is 2.44. The maximum Gasteiger partial charge on any atom is 0.341 e. The van der Waals surface area contributed by atoms with Crippen molar-refractivity contribution in [2.45, 2.75) is 6.61 Å². The van der Waals surface area contributed by atoms with Gasteiger partial charge in [-0.15, -0.1) is 11.3 Å². The van der Waals surface area contributed by atoms with Gasteiger partial charge < -0.3 is 4.74 Å². The number of carbonyl (C=O) groups excluding carboxylic acids is 1. The highest BCUT2D eigenvalue weighted by molar-refractivity contribution is 7.13. The van der Waals surface area contributed by atoms with Crippen LogP contribution in [0.5, 0.6) is 0 Å². The molecule has 0 saturated carbocycles. The Bertz CT molecular complexity index is 831. The zero-order chi connectivity index (χ0) is 16.2. The van der Waals surface area contributed by atoms with Gasteiger partial charge in [-0.05, 0) is 36.4 Å². The lowest BCUT2D eigenvalue weighted by Crippen LogP contribution is -2.07. The van der Waals surface area contributed by atoms with E-state index in [1.807, 2.05) is 0 Å². The van der Waals surface area contributed by atoms with Crippen molar-refractivity contribution in [2.24, 2.45) is 0 Å². The maximum atomic E-state index is 13.5. The molecule has 1 aromatic heterocycles. The van der Waals surface area contributed by atoms with E-state index >= 15 is 0 Å². The van der Waals surface area contributed by atoms with Crippen LogP contribution in [0.2, 0.25) is 0 Å². The summed E-state index contributed by atoms with van der Waals surface area (Å²) >= 11 is 1.36. The highest BCUT2D eigenvalue weighted by atomic mass is 32.1. The number of halogens is 2. The van der Waals surface area contributed by atoms with Crippen LogP contribution in [0.25, 0.3) is 10.6 Å². The van der Waals surface area contributed by atoms with Gasteiger partial charge in [0.1, 0.15) is 23.2 Å². The van der Waals surface area contributed by atoms with Crippen LogP contribution >= 0.6 is 11.3 Å². The average Bonchev–Trinajstić information content (AvgIpc) is 3.03. The Kier molecular flexibility index (Phi) is 4.43. The first-order chi connectivity index (χ1) is 11.1. The second-order valence-corrected chi connectivity index (χ2v) is 5.56. The Labute approximate surface area is 135 Å². The SMILES string of the molecule is O=C(OCc1csc(-c2ccc(F)cc2)n1)c1ccccc1F. The molecule has 0 aliphatic carbocycles. The van der Waals surface area contributed by atoms with E-state index < -0.39 is 11.8 Å². The van der Waals surface area contributed by atoms with Crippen LogP contribution in [0.15, 0.2) is 53.9 Å². The van der Waals surface area contributed by atoms with Crippen LogP contribution in [0.1, 0.15) is 16.1 Å². The van der Waals surface area contributed by atoms with E-state index in [9.17, 15) is 13.6 Å². The number of ether oxygens (including phenoxy) is 1. The first-order valence-corrected chi connectivity index (χ1v) is 7.63. The number of benzene rings is 2. The normalized spacial score (nSPS) is 10.5. The zero-order valence-corrected chi connectivity index (χ0v) is 12.6. The Morgan fingerprint density at radius 1 is 1.09 bits per heavy atom. The highest BCUT2D eigenvalue weighted by Gasteiger charge is 2.13. The summed E-state index contributed by atoms with van der Waals surface area (Å²) in [4.78, 5) is 16.1. The van der Waals surface area contributed by atoms with Gasteiger partial charge in [-0.25, -0.2) is 18.6 Å². The van der Waals surface area contributed by atoms with Crippen LogP contribution in [0.4, 0.5) is 8.78 Å². The molecule has 2 aromatic carbocycles. The predicted octanol–water partition coefficient (Wildman–Crippen LogP) is 4.45. The van der Waals surface area contributed by atoms with E-state index in [2.05, 4.69) is 4.98 Å². The number of esters is 1. The van der Waals surface area contributed by atoms with Crippen LogP contribution in [-0.4, -0.2) is 11.0 Å². The zero-order valence-electron chi connectivity index (χ0n) is 11.8. The van der Waals surface area contributed by atoms with Gasteiger partial charge in [-0.2, -0.15) is 0 Å². The Balaban J connectivity index is 1.67. The summed E-state index contributed by atoms with van der Waals surface area (Å²) in [5.74, 6) is -1.67. The molecule has 3 nitrogen and oxygen atoms in total. The molecule has 1 heterocycles. The number of thiazole rings is 1. The monoisotopic (exact) mass is 331 g/mol. The third kappa shape index (κ3) is 3.60. The molecule has 0 aliphatic heterocycles. The molecule has 0 bridgehead atoms. The van der Waals surface area contributed by atoms with Crippen LogP contribution in [0.3, 0.4) is 0 Å². The molecule has 0 spiro atoms. The van der Waals surface area contributed by atoms with E-state index in [0.29, 0.717) is 10.7 Å². The number of nitrogens with zero attached hydrogens (tertiary/aromatic N) is 1. The van der Waals surface area contributed by atoms with Crippen molar-refractivity contribution in [2.75, 3.05) is 0 Å². The standard InChI is InChI=1S/C17H11F2NO2S/c18-12-7-5-11(6-8-12)16-20-13(10-23-16)9-22-17(21)14-3-1-2-4-15(14)19/h1-8,10H,9H2. The second kappa shape index (κ2) is 6.66. The minimum atomic E-state index is -0.737. The van der Waals surface area contributed by atoms with Crippen LogP contribution in [0, 0.1) is 11.6 Å². The first kappa shape index (κ1) is 15.3. The van der Waals surface area contributed by atoms with Gasteiger partial charge in [0.15, 0.2) is 0 Å². The first-order valence-electron chi connectivity index (χ1n) is 6.75. The molecule has 6 heteroatoms. The molecule has 0 unspecified atom stereocenters. The number of carbonyl (C=O) groups is 1. The average molecular weight is 331 g/mol. The molecular formula is C17H11F2NO2S. The number of hydrogen-bond donors (Lipinski definition) is 0. The molecule has 0 radical (unpaired) electrons. The molecule has 0 saturated heterocycles. The molecule has 0 amide bonds. The van der Waals surface area contributed by atoms with Crippen LogP contribution < -0.4 is 0 Å². The Morgan fingerprint density at radius 3 is 2.57 bits per heavy atom. The van der Waals surface area contributed by atoms with E-state index in [4.69, 9.17) is 4.74 Å². The predicted molar refractivity (Wildman–Crippen MR) is 83.0 cm³/mol. The fraction of sp³-hybridized carbons (Fsp3) is 0.0588. The van der Waals surface area contributed by atoms with Crippen molar-refractivity contribution < 1.29 is 18.3 Å². The summed E-state index contributed by atoms with van der Waals surface area (Å²) in [7, 11) is 0. The highest BCUT2D eigenvalue weighted by Crippen LogP contribution is 2.24. The van der Waals surface area contributed by atoms with Gasteiger partial charge in [0.2, 0.25) is 0 Å². The van der Waals surface area contributed by atoms with Crippen molar-refractivity contribution >= 4 is 17.3 Å². The molecule has 0 fully saturated rings. The van der Waals surface area contributed by atoms with Crippen LogP contribution in [-0.2, 0) is 11.3 Å². The molecule has 23 heavy (non-hydrogen) atoms. The Morgan fingerprint density at radius 2 is 1.83 bits per heavy atom. The van der Waals surface area contributed by atoms with Crippen molar-refractivity contribution in [1.82, 2.24) is 4.98 Å². The minimum Gasteiger partial charge on any atom is -0.455 e. The number of aromatic nitrogens is 1. The lowest BCUT2D eigenvalue weighted by atomic mass is 10.2. The molecular weight excluding hydrogens is 320 g/mol. The van der Waals surface area contributed by atoms with E-state index in [1.54, 1.807) is 23.6 Å².